The van der Waals surface area contributed by atoms with Crippen LogP contribution in [0.5, 0.6) is 5.75 Å². The molecule has 1 unspecified atom stereocenters. The molecule has 0 radical (unpaired) electrons. The second-order valence-electron chi connectivity index (χ2n) is 9.31. The van der Waals surface area contributed by atoms with Gasteiger partial charge in [0.05, 0.1) is 23.6 Å². The van der Waals surface area contributed by atoms with Crippen LogP contribution in [0.1, 0.15) is 72.5 Å². The lowest BCUT2D eigenvalue weighted by atomic mass is 9.97. The smallest absolute Gasteiger partial charge is 0.290 e. The predicted molar refractivity (Wildman–Crippen MR) is 139 cm³/mol. The number of carbonyl (C=O) groups is 1. The summed E-state index contributed by atoms with van der Waals surface area (Å²) in [6.07, 6.45) is 2.02. The molecule has 4 rings (SSSR count). The fraction of sp³-hybridized carbons (Fsp3) is 0.448. The van der Waals surface area contributed by atoms with Gasteiger partial charge in [-0.05, 0) is 74.3 Å². The molecule has 1 amide bonds. The summed E-state index contributed by atoms with van der Waals surface area (Å²) in [6, 6.07) is 11.0. The van der Waals surface area contributed by atoms with E-state index in [-0.39, 0.29) is 17.1 Å². The molecule has 2 heterocycles. The average Bonchev–Trinajstić information content (AvgIpc) is 3.13. The summed E-state index contributed by atoms with van der Waals surface area (Å²) in [5, 5.41) is 0.519. The molecule has 0 fully saturated rings. The van der Waals surface area contributed by atoms with Gasteiger partial charge in [-0.1, -0.05) is 39.3 Å². The lowest BCUT2D eigenvalue weighted by molar-refractivity contribution is 0.0708. The predicted octanol–water partition coefficient (Wildman–Crippen LogP) is 5.48. The van der Waals surface area contributed by atoms with Gasteiger partial charge >= 0.3 is 0 Å². The normalized spacial score (nSPS) is 15.3. The van der Waals surface area contributed by atoms with E-state index in [0.29, 0.717) is 29.7 Å². The third-order valence-electron chi connectivity index (χ3n) is 7.07. The molecule has 0 N–H and O–H groups in total. The minimum atomic E-state index is -0.509. The number of rotatable bonds is 10. The summed E-state index contributed by atoms with van der Waals surface area (Å²) < 4.78 is 12.1. The van der Waals surface area contributed by atoms with Gasteiger partial charge in [0.15, 0.2) is 5.43 Å². The molecule has 3 aromatic rings. The SMILES string of the molecule is CCCCOc1cccc(C2c3c(oc4cc(C)c(C)cc4c3=O)C(=O)N2CCN(CC)CC)c1. The third-order valence-corrected chi connectivity index (χ3v) is 7.07. The Morgan fingerprint density at radius 2 is 1.77 bits per heavy atom. The van der Waals surface area contributed by atoms with Gasteiger partial charge in [-0.3, -0.25) is 9.59 Å². The van der Waals surface area contributed by atoms with Gasteiger partial charge in [-0.15, -0.1) is 0 Å². The van der Waals surface area contributed by atoms with Gasteiger partial charge in [-0.25, -0.2) is 0 Å². The minimum absolute atomic E-state index is 0.134. The highest BCUT2D eigenvalue weighted by atomic mass is 16.5. The van der Waals surface area contributed by atoms with Gasteiger partial charge in [0.2, 0.25) is 5.76 Å². The van der Waals surface area contributed by atoms with E-state index in [9.17, 15) is 9.59 Å². The summed E-state index contributed by atoms with van der Waals surface area (Å²) in [5.74, 6) is 0.677. The maximum absolute atomic E-state index is 13.8. The Morgan fingerprint density at radius 1 is 1.03 bits per heavy atom. The maximum Gasteiger partial charge on any atom is 0.290 e. The first-order valence-corrected chi connectivity index (χ1v) is 12.7. The van der Waals surface area contributed by atoms with Crippen molar-refractivity contribution in [1.82, 2.24) is 9.80 Å². The van der Waals surface area contributed by atoms with Gasteiger partial charge in [-0.2, -0.15) is 0 Å². The summed E-state index contributed by atoms with van der Waals surface area (Å²) in [5.41, 5.74) is 3.67. The van der Waals surface area contributed by atoms with Crippen LogP contribution in [0.25, 0.3) is 11.0 Å². The number of fused-ring (bicyclic) bond motifs is 2. The number of amides is 1. The molecular formula is C29H36N2O4. The Balaban J connectivity index is 1.83. The van der Waals surface area contributed by atoms with E-state index in [1.165, 1.54) is 0 Å². The number of nitrogens with zero attached hydrogens (tertiary/aromatic N) is 2. The lowest BCUT2D eigenvalue weighted by Gasteiger charge is -2.28. The van der Waals surface area contributed by atoms with Crippen LogP contribution in [0.2, 0.25) is 0 Å². The number of hydrogen-bond donors (Lipinski definition) is 0. The number of hydrogen-bond acceptors (Lipinski definition) is 5. The zero-order valence-electron chi connectivity index (χ0n) is 21.5. The highest BCUT2D eigenvalue weighted by Crippen LogP contribution is 2.39. The van der Waals surface area contributed by atoms with E-state index >= 15 is 0 Å². The van der Waals surface area contributed by atoms with Crippen LogP contribution in [-0.4, -0.2) is 48.5 Å². The first-order valence-electron chi connectivity index (χ1n) is 12.7. The van der Waals surface area contributed by atoms with Crippen molar-refractivity contribution in [2.75, 3.05) is 32.8 Å². The quantitative estimate of drug-likeness (QED) is 0.363. The standard InChI is InChI=1S/C29H36N2O4/c1-6-9-15-34-22-12-10-11-21(18-22)26-25-27(32)23-16-19(4)20(5)17-24(23)35-28(25)29(33)31(26)14-13-30(7-2)8-3/h10-12,16-18,26H,6-9,13-15H2,1-5H3. The topological polar surface area (TPSA) is 63.0 Å². The van der Waals surface area contributed by atoms with E-state index < -0.39 is 6.04 Å². The van der Waals surface area contributed by atoms with Crippen LogP contribution in [-0.2, 0) is 0 Å². The molecule has 0 bridgehead atoms. The zero-order valence-corrected chi connectivity index (χ0v) is 21.5. The van der Waals surface area contributed by atoms with Crippen molar-refractivity contribution in [3.05, 3.63) is 74.6 Å². The van der Waals surface area contributed by atoms with Crippen molar-refractivity contribution in [2.45, 2.75) is 53.5 Å². The van der Waals surface area contributed by atoms with Crippen LogP contribution in [0.3, 0.4) is 0 Å². The molecule has 35 heavy (non-hydrogen) atoms. The van der Waals surface area contributed by atoms with Crippen molar-refractivity contribution in [3.8, 4) is 5.75 Å². The van der Waals surface area contributed by atoms with Crippen molar-refractivity contribution < 1.29 is 13.9 Å². The molecule has 6 nitrogen and oxygen atoms in total. The molecule has 1 aromatic heterocycles. The Labute approximate surface area is 207 Å². The highest BCUT2D eigenvalue weighted by molar-refractivity contribution is 5.99. The van der Waals surface area contributed by atoms with Crippen molar-refractivity contribution >= 4 is 16.9 Å². The van der Waals surface area contributed by atoms with Gasteiger partial charge in [0, 0.05) is 13.1 Å². The first-order chi connectivity index (χ1) is 16.9. The van der Waals surface area contributed by atoms with Crippen molar-refractivity contribution in [2.24, 2.45) is 0 Å². The number of likely N-dealkylation sites (N-methyl/N-ethyl adjacent to an activating group) is 1. The van der Waals surface area contributed by atoms with E-state index in [4.69, 9.17) is 9.15 Å². The molecule has 0 spiro atoms. The van der Waals surface area contributed by atoms with Crippen LogP contribution in [0.4, 0.5) is 0 Å². The average molecular weight is 477 g/mol. The summed E-state index contributed by atoms with van der Waals surface area (Å²) in [6.45, 7) is 14.0. The van der Waals surface area contributed by atoms with Crippen molar-refractivity contribution in [1.29, 1.82) is 0 Å². The second-order valence-corrected chi connectivity index (χ2v) is 9.31. The molecular weight excluding hydrogens is 440 g/mol. The fourth-order valence-corrected chi connectivity index (χ4v) is 4.75. The van der Waals surface area contributed by atoms with Gasteiger partial charge in [0.25, 0.3) is 5.91 Å². The number of aryl methyl sites for hydroxylation is 2. The lowest BCUT2D eigenvalue weighted by Crippen LogP contribution is -2.37. The second kappa shape index (κ2) is 10.6. The highest BCUT2D eigenvalue weighted by Gasteiger charge is 2.42. The number of carbonyl (C=O) groups excluding carboxylic acids is 1. The first kappa shape index (κ1) is 25.0. The van der Waals surface area contributed by atoms with Crippen molar-refractivity contribution in [3.63, 3.8) is 0 Å². The minimum Gasteiger partial charge on any atom is -0.494 e. The van der Waals surface area contributed by atoms with Crippen LogP contribution >= 0.6 is 0 Å². The van der Waals surface area contributed by atoms with Crippen LogP contribution < -0.4 is 10.2 Å². The number of benzene rings is 2. The maximum atomic E-state index is 13.8. The summed E-state index contributed by atoms with van der Waals surface area (Å²) >= 11 is 0. The Morgan fingerprint density at radius 3 is 2.49 bits per heavy atom. The molecule has 0 aliphatic carbocycles. The number of unbranched alkanes of at least 4 members (excludes halogenated alkanes) is 1. The molecule has 1 aliphatic rings. The fourth-order valence-electron chi connectivity index (χ4n) is 4.75. The van der Waals surface area contributed by atoms with E-state index in [1.54, 1.807) is 4.90 Å². The largest absolute Gasteiger partial charge is 0.494 e. The molecule has 6 heteroatoms. The van der Waals surface area contributed by atoms with Gasteiger partial charge in [0.1, 0.15) is 11.3 Å². The molecule has 0 saturated heterocycles. The molecule has 0 saturated carbocycles. The van der Waals surface area contributed by atoms with E-state index in [0.717, 1.165) is 54.9 Å². The number of ether oxygens (including phenoxy) is 1. The van der Waals surface area contributed by atoms with Crippen LogP contribution in [0, 0.1) is 13.8 Å². The Kier molecular flexibility index (Phi) is 7.60. The monoisotopic (exact) mass is 476 g/mol. The van der Waals surface area contributed by atoms with E-state index in [1.807, 2.05) is 50.2 Å². The summed E-state index contributed by atoms with van der Waals surface area (Å²) in [4.78, 5) is 31.5. The molecule has 1 aliphatic heterocycles. The Hall–Kier alpha value is -3.12. The van der Waals surface area contributed by atoms with E-state index in [2.05, 4.69) is 25.7 Å². The molecule has 2 aromatic carbocycles. The Bertz CT molecular complexity index is 1280. The molecule has 186 valence electrons. The molecule has 1 atom stereocenters. The van der Waals surface area contributed by atoms with Gasteiger partial charge < -0.3 is 19.0 Å². The third kappa shape index (κ3) is 4.85. The summed E-state index contributed by atoms with van der Waals surface area (Å²) in [7, 11) is 0. The van der Waals surface area contributed by atoms with Crippen LogP contribution in [0.15, 0.2) is 45.6 Å². The zero-order chi connectivity index (χ0) is 25.1.